The molecule has 1 aromatic heterocycles. The van der Waals surface area contributed by atoms with Crippen LogP contribution in [0, 0.1) is 6.92 Å². The second-order valence-electron chi connectivity index (χ2n) is 8.18. The van der Waals surface area contributed by atoms with E-state index in [4.69, 9.17) is 0 Å². The first-order valence-electron chi connectivity index (χ1n) is 9.77. The fraction of sp³-hybridized carbons (Fsp3) is 0.200. The third-order valence-electron chi connectivity index (χ3n) is 4.65. The summed E-state index contributed by atoms with van der Waals surface area (Å²) in [4.78, 5) is 26.6. The summed E-state index contributed by atoms with van der Waals surface area (Å²) in [6.07, 6.45) is 1.69. The molecule has 3 rings (SSSR count). The van der Waals surface area contributed by atoms with Crippen molar-refractivity contribution >= 4 is 34.9 Å². The first-order valence-corrected chi connectivity index (χ1v) is 10.7. The molecule has 0 unspecified atom stereocenters. The first-order chi connectivity index (χ1) is 14.2. The van der Waals surface area contributed by atoms with Crippen LogP contribution in [-0.4, -0.2) is 11.8 Å². The van der Waals surface area contributed by atoms with E-state index in [0.29, 0.717) is 11.3 Å². The van der Waals surface area contributed by atoms with Crippen molar-refractivity contribution in [2.75, 3.05) is 5.32 Å². The summed E-state index contributed by atoms with van der Waals surface area (Å²) in [5.74, 6) is -0.691. The average Bonchev–Trinajstić information content (AvgIpc) is 3.22. The van der Waals surface area contributed by atoms with Gasteiger partial charge in [-0.05, 0) is 59.7 Å². The maximum Gasteiger partial charge on any atom is 0.272 e. The summed E-state index contributed by atoms with van der Waals surface area (Å²) in [6, 6.07) is 18.8. The molecule has 0 atom stereocenters. The Morgan fingerprint density at radius 2 is 1.60 bits per heavy atom. The van der Waals surface area contributed by atoms with Gasteiger partial charge >= 0.3 is 0 Å². The number of thiophene rings is 1. The van der Waals surface area contributed by atoms with Crippen molar-refractivity contribution in [2.24, 2.45) is 0 Å². The molecule has 5 heteroatoms. The zero-order valence-corrected chi connectivity index (χ0v) is 18.5. The van der Waals surface area contributed by atoms with Crippen LogP contribution in [0.4, 0.5) is 5.69 Å². The zero-order chi connectivity index (χ0) is 21.7. The molecule has 0 aliphatic heterocycles. The van der Waals surface area contributed by atoms with E-state index in [2.05, 4.69) is 31.4 Å². The lowest BCUT2D eigenvalue weighted by molar-refractivity contribution is -0.113. The maximum absolute atomic E-state index is 12.9. The summed E-state index contributed by atoms with van der Waals surface area (Å²) in [5.41, 5.74) is 3.63. The van der Waals surface area contributed by atoms with Crippen molar-refractivity contribution < 1.29 is 9.59 Å². The van der Waals surface area contributed by atoms with Crippen LogP contribution in [0.15, 0.2) is 71.7 Å². The van der Waals surface area contributed by atoms with Gasteiger partial charge in [0.25, 0.3) is 11.8 Å². The molecular formula is C25H26N2O2S. The van der Waals surface area contributed by atoms with Gasteiger partial charge in [-0.2, -0.15) is 0 Å². The third-order valence-corrected chi connectivity index (χ3v) is 5.46. The van der Waals surface area contributed by atoms with E-state index >= 15 is 0 Å². The van der Waals surface area contributed by atoms with E-state index in [-0.39, 0.29) is 22.9 Å². The van der Waals surface area contributed by atoms with Crippen LogP contribution in [0.5, 0.6) is 0 Å². The van der Waals surface area contributed by atoms with Crippen molar-refractivity contribution in [3.63, 3.8) is 0 Å². The third kappa shape index (κ3) is 5.67. The van der Waals surface area contributed by atoms with E-state index in [1.165, 1.54) is 11.3 Å². The van der Waals surface area contributed by atoms with Gasteiger partial charge in [0.15, 0.2) is 0 Å². The van der Waals surface area contributed by atoms with Crippen molar-refractivity contribution in [1.82, 2.24) is 5.32 Å². The van der Waals surface area contributed by atoms with Gasteiger partial charge in [-0.1, -0.05) is 56.7 Å². The molecule has 2 N–H and O–H groups in total. The minimum absolute atomic E-state index is 0.00711. The van der Waals surface area contributed by atoms with E-state index in [1.807, 2.05) is 60.8 Å². The molecule has 0 bridgehead atoms. The first kappa shape index (κ1) is 21.5. The number of rotatable bonds is 5. The number of anilines is 1. The van der Waals surface area contributed by atoms with Crippen molar-refractivity contribution in [3.05, 3.63) is 93.3 Å². The molecular weight excluding hydrogens is 392 g/mol. The molecule has 3 aromatic rings. The Morgan fingerprint density at radius 3 is 2.17 bits per heavy atom. The number of aryl methyl sites for hydroxylation is 1. The molecule has 1 heterocycles. The van der Waals surface area contributed by atoms with Gasteiger partial charge in [-0.3, -0.25) is 9.59 Å². The molecule has 0 radical (unpaired) electrons. The molecule has 4 nitrogen and oxygen atoms in total. The lowest BCUT2D eigenvalue weighted by atomic mass is 9.87. The Kier molecular flexibility index (Phi) is 6.53. The summed E-state index contributed by atoms with van der Waals surface area (Å²) in [6.45, 7) is 8.36. The Morgan fingerprint density at radius 1 is 0.933 bits per heavy atom. The van der Waals surface area contributed by atoms with E-state index in [0.717, 1.165) is 16.0 Å². The number of carbonyl (C=O) groups excluding carboxylic acids is 2. The Hall–Kier alpha value is -3.18. The fourth-order valence-electron chi connectivity index (χ4n) is 2.83. The van der Waals surface area contributed by atoms with Gasteiger partial charge < -0.3 is 10.6 Å². The highest BCUT2D eigenvalue weighted by molar-refractivity contribution is 7.10. The zero-order valence-electron chi connectivity index (χ0n) is 17.7. The fourth-order valence-corrected chi connectivity index (χ4v) is 3.48. The van der Waals surface area contributed by atoms with E-state index in [1.54, 1.807) is 18.2 Å². The van der Waals surface area contributed by atoms with Crippen LogP contribution < -0.4 is 10.6 Å². The molecule has 0 spiro atoms. The molecule has 2 aromatic carbocycles. The lowest BCUT2D eigenvalue weighted by Crippen LogP contribution is -2.30. The van der Waals surface area contributed by atoms with Gasteiger partial charge in [0.2, 0.25) is 0 Å². The van der Waals surface area contributed by atoms with E-state index < -0.39 is 0 Å². The van der Waals surface area contributed by atoms with E-state index in [9.17, 15) is 9.59 Å². The highest BCUT2D eigenvalue weighted by Crippen LogP contribution is 2.22. The minimum atomic E-state index is -0.369. The standard InChI is InChI=1S/C25H26N2O2S/c1-17-7-13-20(14-8-17)26-24(29)22(16-21-6-5-15-30-21)27-23(28)18-9-11-19(12-10-18)25(2,3)4/h5-16H,1-4H3,(H,26,29)(H,27,28)/b22-16-. The largest absolute Gasteiger partial charge is 0.321 e. The SMILES string of the molecule is Cc1ccc(NC(=O)/C(=C/c2cccs2)NC(=O)c2ccc(C(C)(C)C)cc2)cc1. The van der Waals surface area contributed by atoms with Crippen LogP contribution in [0.1, 0.15) is 47.1 Å². The quantitative estimate of drug-likeness (QED) is 0.517. The van der Waals surface area contributed by atoms with Crippen molar-refractivity contribution in [3.8, 4) is 0 Å². The lowest BCUT2D eigenvalue weighted by Gasteiger charge is -2.19. The topological polar surface area (TPSA) is 58.2 Å². The summed E-state index contributed by atoms with van der Waals surface area (Å²) < 4.78 is 0. The molecule has 154 valence electrons. The summed E-state index contributed by atoms with van der Waals surface area (Å²) in [7, 11) is 0. The number of nitrogens with one attached hydrogen (secondary N) is 2. The molecule has 0 saturated carbocycles. The minimum Gasteiger partial charge on any atom is -0.321 e. The molecule has 0 saturated heterocycles. The highest BCUT2D eigenvalue weighted by Gasteiger charge is 2.17. The second-order valence-corrected chi connectivity index (χ2v) is 9.15. The molecule has 30 heavy (non-hydrogen) atoms. The molecule has 0 aliphatic rings. The van der Waals surface area contributed by atoms with Gasteiger partial charge in [0.05, 0.1) is 0 Å². The second kappa shape index (κ2) is 9.09. The summed E-state index contributed by atoms with van der Waals surface area (Å²) in [5, 5.41) is 7.55. The van der Waals surface area contributed by atoms with Crippen molar-refractivity contribution in [1.29, 1.82) is 0 Å². The molecule has 0 fully saturated rings. The predicted molar refractivity (Wildman–Crippen MR) is 125 cm³/mol. The molecule has 2 amide bonds. The van der Waals surface area contributed by atoms with Gasteiger partial charge in [-0.25, -0.2) is 0 Å². The number of hydrogen-bond acceptors (Lipinski definition) is 3. The normalized spacial score (nSPS) is 11.8. The average molecular weight is 419 g/mol. The van der Waals surface area contributed by atoms with Crippen molar-refractivity contribution in [2.45, 2.75) is 33.1 Å². The number of hydrogen-bond donors (Lipinski definition) is 2. The molecule has 0 aliphatic carbocycles. The Bertz CT molecular complexity index is 1040. The van der Waals surface area contributed by atoms with Crippen LogP contribution >= 0.6 is 11.3 Å². The van der Waals surface area contributed by atoms with Gasteiger partial charge in [-0.15, -0.1) is 11.3 Å². The summed E-state index contributed by atoms with van der Waals surface area (Å²) >= 11 is 1.50. The highest BCUT2D eigenvalue weighted by atomic mass is 32.1. The Balaban J connectivity index is 1.81. The van der Waals surface area contributed by atoms with Crippen LogP contribution in [0.3, 0.4) is 0 Å². The van der Waals surface area contributed by atoms with Crippen LogP contribution in [0.2, 0.25) is 0 Å². The Labute approximate surface area is 181 Å². The van der Waals surface area contributed by atoms with Crippen LogP contribution in [-0.2, 0) is 10.2 Å². The van der Waals surface area contributed by atoms with Gasteiger partial charge in [0, 0.05) is 16.1 Å². The smallest absolute Gasteiger partial charge is 0.272 e. The monoisotopic (exact) mass is 418 g/mol. The van der Waals surface area contributed by atoms with Crippen LogP contribution in [0.25, 0.3) is 6.08 Å². The maximum atomic E-state index is 12.9. The van der Waals surface area contributed by atoms with Gasteiger partial charge in [0.1, 0.15) is 5.70 Å². The number of amides is 2. The predicted octanol–water partition coefficient (Wildman–Crippen LogP) is 5.76. The number of benzene rings is 2. The number of carbonyl (C=O) groups is 2.